The molecule has 0 aliphatic carbocycles. The van der Waals surface area contributed by atoms with Crippen LogP contribution in [0.15, 0.2) is 47.4 Å². The van der Waals surface area contributed by atoms with Gasteiger partial charge in [0.05, 0.1) is 28.6 Å². The van der Waals surface area contributed by atoms with Gasteiger partial charge in [-0.05, 0) is 37.3 Å². The molecular weight excluding hydrogens is 452 g/mol. The third kappa shape index (κ3) is 3.99. The molecule has 0 fully saturated rings. The smallest absolute Gasteiger partial charge is 0.417 e. The van der Waals surface area contributed by atoms with E-state index in [1.165, 1.54) is 12.1 Å². The third-order valence-corrected chi connectivity index (χ3v) is 6.21. The molecule has 0 amide bonds. The van der Waals surface area contributed by atoms with Crippen LogP contribution in [0.3, 0.4) is 0 Å². The minimum absolute atomic E-state index is 0.133. The van der Waals surface area contributed by atoms with E-state index >= 15 is 0 Å². The Morgan fingerprint density at radius 1 is 0.935 bits per heavy atom. The fourth-order valence-corrected chi connectivity index (χ4v) is 4.49. The topological polar surface area (TPSA) is 65.4 Å². The number of aromatic nitrogens is 1. The third-order valence-electron chi connectivity index (χ3n) is 4.46. The standard InChI is InChI=1S/C19H13F6NO4S/c1-10-3-5-12(6-4-10)31(28,29)26-15-8-11(18(20,21)22)7-14(19(23,24)25)13(15)9-16(26)17(27)30-2/h3-9H,1-2H3. The summed E-state index contributed by atoms with van der Waals surface area (Å²) in [5.74, 6) is -1.34. The SMILES string of the molecule is COC(=O)c1cc2c(C(F)(F)F)cc(C(F)(F)F)cc2n1S(=O)(=O)c1ccc(C)cc1. The lowest BCUT2D eigenvalue weighted by Gasteiger charge is -2.15. The first kappa shape index (κ1) is 22.7. The maximum Gasteiger partial charge on any atom is 0.417 e. The Hall–Kier alpha value is -3.02. The molecule has 0 saturated heterocycles. The van der Waals surface area contributed by atoms with Crippen molar-refractivity contribution in [3.63, 3.8) is 0 Å². The molecule has 12 heteroatoms. The summed E-state index contributed by atoms with van der Waals surface area (Å²) in [6.45, 7) is 1.65. The van der Waals surface area contributed by atoms with Gasteiger partial charge < -0.3 is 4.74 Å². The van der Waals surface area contributed by atoms with E-state index in [-0.39, 0.29) is 16.1 Å². The van der Waals surface area contributed by atoms with Gasteiger partial charge in [0.2, 0.25) is 0 Å². The Labute approximate surface area is 171 Å². The largest absolute Gasteiger partial charge is 0.464 e. The lowest BCUT2D eigenvalue weighted by Crippen LogP contribution is -2.19. The summed E-state index contributed by atoms with van der Waals surface area (Å²) < 4.78 is 111. The molecular formula is C19H13F6NO4S. The van der Waals surface area contributed by atoms with Crippen LogP contribution < -0.4 is 0 Å². The van der Waals surface area contributed by atoms with Crippen molar-refractivity contribution in [2.45, 2.75) is 24.2 Å². The van der Waals surface area contributed by atoms with Crippen LogP contribution >= 0.6 is 0 Å². The number of halogens is 6. The molecule has 2 aromatic carbocycles. The molecule has 3 rings (SSSR count). The highest BCUT2D eigenvalue weighted by Gasteiger charge is 2.40. The van der Waals surface area contributed by atoms with Crippen LogP contribution in [0.25, 0.3) is 10.9 Å². The highest BCUT2D eigenvalue weighted by Crippen LogP contribution is 2.42. The van der Waals surface area contributed by atoms with Crippen molar-refractivity contribution in [3.8, 4) is 0 Å². The number of fused-ring (bicyclic) bond motifs is 1. The second kappa shape index (κ2) is 7.29. The van der Waals surface area contributed by atoms with Crippen molar-refractivity contribution in [1.82, 2.24) is 3.97 Å². The highest BCUT2D eigenvalue weighted by atomic mass is 32.2. The van der Waals surface area contributed by atoms with Gasteiger partial charge in [-0.2, -0.15) is 26.3 Å². The summed E-state index contributed by atoms with van der Waals surface area (Å²) in [5, 5.41) is -0.892. The fourth-order valence-electron chi connectivity index (χ4n) is 3.00. The first-order chi connectivity index (χ1) is 14.2. The number of nitrogens with zero attached hydrogens (tertiary/aromatic N) is 1. The molecule has 0 aliphatic rings. The van der Waals surface area contributed by atoms with Crippen molar-refractivity contribution in [2.24, 2.45) is 0 Å². The van der Waals surface area contributed by atoms with E-state index < -0.39 is 61.0 Å². The van der Waals surface area contributed by atoms with Crippen molar-refractivity contribution < 1.29 is 44.3 Å². The summed E-state index contributed by atoms with van der Waals surface area (Å²) >= 11 is 0. The van der Waals surface area contributed by atoms with Crippen molar-refractivity contribution in [3.05, 3.63) is 64.8 Å². The number of esters is 1. The summed E-state index contributed by atoms with van der Waals surface area (Å²) in [7, 11) is -3.91. The van der Waals surface area contributed by atoms with Crippen LogP contribution in [0.1, 0.15) is 27.2 Å². The quantitative estimate of drug-likeness (QED) is 0.403. The second-order valence-corrected chi connectivity index (χ2v) is 8.34. The number of carbonyl (C=O) groups excluding carboxylic acids is 1. The monoisotopic (exact) mass is 465 g/mol. The normalized spacial score (nSPS) is 12.9. The minimum Gasteiger partial charge on any atom is -0.464 e. The molecule has 0 radical (unpaired) electrons. The molecule has 3 aromatic rings. The molecule has 5 nitrogen and oxygen atoms in total. The van der Waals surface area contributed by atoms with Crippen LogP contribution in [0.2, 0.25) is 0 Å². The number of benzene rings is 2. The van der Waals surface area contributed by atoms with Crippen LogP contribution in [0, 0.1) is 6.92 Å². The van der Waals surface area contributed by atoms with Crippen LogP contribution in [0.5, 0.6) is 0 Å². The maximum atomic E-state index is 13.5. The minimum atomic E-state index is -5.26. The molecule has 0 spiro atoms. The molecule has 0 saturated carbocycles. The Morgan fingerprint density at radius 3 is 2.00 bits per heavy atom. The van der Waals surface area contributed by atoms with Gasteiger partial charge in [-0.25, -0.2) is 17.2 Å². The number of hydrogen-bond donors (Lipinski definition) is 0. The van der Waals surface area contributed by atoms with Crippen molar-refractivity contribution in [2.75, 3.05) is 7.11 Å². The Balaban J connectivity index is 2.52. The van der Waals surface area contributed by atoms with E-state index in [1.807, 2.05) is 0 Å². The predicted octanol–water partition coefficient (Wildman–Crippen LogP) is 5.01. The van der Waals surface area contributed by atoms with E-state index in [1.54, 1.807) is 6.92 Å². The van der Waals surface area contributed by atoms with Gasteiger partial charge in [0.1, 0.15) is 5.69 Å². The van der Waals surface area contributed by atoms with Gasteiger partial charge in [0.15, 0.2) is 0 Å². The van der Waals surface area contributed by atoms with Crippen LogP contribution in [-0.2, 0) is 27.1 Å². The number of rotatable bonds is 3. The number of methoxy groups -OCH3 is 1. The Kier molecular flexibility index (Phi) is 5.33. The molecule has 0 bridgehead atoms. The van der Waals surface area contributed by atoms with E-state index in [0.717, 1.165) is 19.2 Å². The first-order valence-corrected chi connectivity index (χ1v) is 9.86. The second-order valence-electron chi connectivity index (χ2n) is 6.56. The van der Waals surface area contributed by atoms with Crippen LogP contribution in [0.4, 0.5) is 26.3 Å². The molecule has 0 aliphatic heterocycles. The summed E-state index contributed by atoms with van der Waals surface area (Å²) in [4.78, 5) is 11.7. The number of hydrogen-bond acceptors (Lipinski definition) is 4. The summed E-state index contributed by atoms with van der Waals surface area (Å²) in [6, 6.07) is 5.69. The van der Waals surface area contributed by atoms with E-state index in [9.17, 15) is 39.6 Å². The molecule has 1 aromatic heterocycles. The van der Waals surface area contributed by atoms with Crippen molar-refractivity contribution >= 4 is 26.9 Å². The van der Waals surface area contributed by atoms with E-state index in [4.69, 9.17) is 0 Å². The first-order valence-electron chi connectivity index (χ1n) is 8.42. The number of carbonyl (C=O) groups is 1. The summed E-state index contributed by atoms with van der Waals surface area (Å²) in [6.07, 6.45) is -10.5. The van der Waals surface area contributed by atoms with E-state index in [0.29, 0.717) is 11.6 Å². The average Bonchev–Trinajstić information content (AvgIpc) is 3.05. The number of ether oxygens (including phenoxy) is 1. The Morgan fingerprint density at radius 2 is 1.52 bits per heavy atom. The predicted molar refractivity (Wildman–Crippen MR) is 97.0 cm³/mol. The molecule has 31 heavy (non-hydrogen) atoms. The molecule has 0 atom stereocenters. The number of aryl methyl sites for hydroxylation is 1. The molecule has 166 valence electrons. The zero-order valence-corrected chi connectivity index (χ0v) is 16.6. The lowest BCUT2D eigenvalue weighted by atomic mass is 10.0. The van der Waals surface area contributed by atoms with Gasteiger partial charge in [-0.3, -0.25) is 0 Å². The van der Waals surface area contributed by atoms with Gasteiger partial charge in [-0.1, -0.05) is 17.7 Å². The summed E-state index contributed by atoms with van der Waals surface area (Å²) in [5.41, 5.74) is -4.63. The lowest BCUT2D eigenvalue weighted by molar-refractivity contribution is -0.142. The molecule has 1 heterocycles. The van der Waals surface area contributed by atoms with Gasteiger partial charge in [0, 0.05) is 5.39 Å². The van der Waals surface area contributed by atoms with E-state index in [2.05, 4.69) is 4.74 Å². The maximum absolute atomic E-state index is 13.5. The zero-order chi connectivity index (χ0) is 23.4. The van der Waals surface area contributed by atoms with Crippen LogP contribution in [-0.4, -0.2) is 25.5 Å². The molecule has 0 N–H and O–H groups in total. The van der Waals surface area contributed by atoms with Gasteiger partial charge in [-0.15, -0.1) is 0 Å². The Bertz CT molecular complexity index is 1270. The zero-order valence-electron chi connectivity index (χ0n) is 15.8. The fraction of sp³-hybridized carbons (Fsp3) is 0.211. The molecule has 0 unspecified atom stereocenters. The number of alkyl halides is 6. The van der Waals surface area contributed by atoms with Gasteiger partial charge in [0.25, 0.3) is 10.0 Å². The highest BCUT2D eigenvalue weighted by molar-refractivity contribution is 7.90. The van der Waals surface area contributed by atoms with Crippen molar-refractivity contribution in [1.29, 1.82) is 0 Å². The average molecular weight is 465 g/mol. The van der Waals surface area contributed by atoms with Gasteiger partial charge >= 0.3 is 18.3 Å².